The average molecular weight is 432 g/mol. The second-order valence-corrected chi connectivity index (χ2v) is 6.36. The van der Waals surface area contributed by atoms with E-state index in [4.69, 9.17) is 10.5 Å². The first-order valence-corrected chi connectivity index (χ1v) is 8.00. The van der Waals surface area contributed by atoms with Crippen molar-refractivity contribution in [3.63, 3.8) is 0 Å². The summed E-state index contributed by atoms with van der Waals surface area (Å²) in [6.45, 7) is 11.0. The first-order chi connectivity index (χ1) is 10.5. The number of morpholine rings is 1. The summed E-state index contributed by atoms with van der Waals surface area (Å²) < 4.78 is 5.77. The van der Waals surface area contributed by atoms with Crippen molar-refractivity contribution >= 4 is 35.6 Å². The summed E-state index contributed by atoms with van der Waals surface area (Å²) in [7, 11) is 0. The molecule has 0 aliphatic carbocycles. The third-order valence-electron chi connectivity index (χ3n) is 3.64. The van der Waals surface area contributed by atoms with Crippen LogP contribution in [0.2, 0.25) is 0 Å². The number of benzene rings is 1. The molecule has 5 nitrogen and oxygen atoms in total. The minimum absolute atomic E-state index is 0. The second-order valence-electron chi connectivity index (χ2n) is 6.36. The summed E-state index contributed by atoms with van der Waals surface area (Å²) in [5, 5.41) is 3.11. The maximum Gasteiger partial charge on any atom is 0.193 e. The monoisotopic (exact) mass is 432 g/mol. The van der Waals surface area contributed by atoms with E-state index >= 15 is 0 Å². The molecule has 1 atom stereocenters. The fourth-order valence-corrected chi connectivity index (χ4v) is 2.60. The first-order valence-electron chi connectivity index (χ1n) is 8.00. The van der Waals surface area contributed by atoms with Crippen molar-refractivity contribution in [3.8, 4) is 0 Å². The van der Waals surface area contributed by atoms with Crippen LogP contribution in [0.1, 0.15) is 19.4 Å². The van der Waals surface area contributed by atoms with Crippen LogP contribution < -0.4 is 11.1 Å². The highest BCUT2D eigenvalue weighted by Gasteiger charge is 2.20. The van der Waals surface area contributed by atoms with E-state index in [1.165, 1.54) is 5.56 Å². The summed E-state index contributed by atoms with van der Waals surface area (Å²) in [6.07, 6.45) is 0.130. The highest BCUT2D eigenvalue weighted by Crippen LogP contribution is 2.10. The van der Waals surface area contributed by atoms with Crippen LogP contribution in [0, 0.1) is 12.8 Å². The SMILES string of the molecule is Cc1ccc(NC(N)=NCC2CN(CC(C)C)CCO2)cc1.I. The van der Waals surface area contributed by atoms with Crippen LogP contribution in [0.4, 0.5) is 5.69 Å². The van der Waals surface area contributed by atoms with Crippen molar-refractivity contribution in [2.75, 3.05) is 38.1 Å². The summed E-state index contributed by atoms with van der Waals surface area (Å²) in [5.74, 6) is 1.11. The van der Waals surface area contributed by atoms with E-state index in [-0.39, 0.29) is 30.1 Å². The van der Waals surface area contributed by atoms with Gasteiger partial charge >= 0.3 is 0 Å². The van der Waals surface area contributed by atoms with Gasteiger partial charge in [-0.2, -0.15) is 0 Å². The molecule has 1 fully saturated rings. The van der Waals surface area contributed by atoms with Crippen LogP contribution in [-0.2, 0) is 4.74 Å². The second kappa shape index (κ2) is 10.1. The number of nitrogens with one attached hydrogen (secondary N) is 1. The molecule has 130 valence electrons. The van der Waals surface area contributed by atoms with Gasteiger partial charge < -0.3 is 15.8 Å². The number of anilines is 1. The van der Waals surface area contributed by atoms with E-state index in [2.05, 4.69) is 36.0 Å². The van der Waals surface area contributed by atoms with Crippen LogP contribution in [-0.4, -0.2) is 49.7 Å². The van der Waals surface area contributed by atoms with Crippen molar-refractivity contribution in [1.82, 2.24) is 4.90 Å². The van der Waals surface area contributed by atoms with E-state index in [1.807, 2.05) is 24.3 Å². The number of ether oxygens (including phenoxy) is 1. The molecule has 23 heavy (non-hydrogen) atoms. The molecule has 3 N–H and O–H groups in total. The van der Waals surface area contributed by atoms with Crippen LogP contribution in [0.5, 0.6) is 0 Å². The lowest BCUT2D eigenvalue weighted by atomic mass is 10.2. The van der Waals surface area contributed by atoms with Gasteiger partial charge in [-0.15, -0.1) is 24.0 Å². The topological polar surface area (TPSA) is 62.9 Å². The van der Waals surface area contributed by atoms with Gasteiger partial charge in [-0.05, 0) is 25.0 Å². The summed E-state index contributed by atoms with van der Waals surface area (Å²) >= 11 is 0. The Hall–Kier alpha value is -0.860. The Kier molecular flexibility index (Phi) is 8.86. The van der Waals surface area contributed by atoms with E-state index in [0.717, 1.165) is 31.9 Å². The van der Waals surface area contributed by atoms with Gasteiger partial charge in [0.2, 0.25) is 0 Å². The summed E-state index contributed by atoms with van der Waals surface area (Å²) in [6, 6.07) is 8.09. The Morgan fingerprint density at radius 3 is 2.74 bits per heavy atom. The molecule has 0 radical (unpaired) electrons. The lowest BCUT2D eigenvalue weighted by Gasteiger charge is -2.33. The zero-order valence-electron chi connectivity index (χ0n) is 14.3. The van der Waals surface area contributed by atoms with Crippen molar-refractivity contribution in [2.45, 2.75) is 26.9 Å². The molecule has 0 aromatic heterocycles. The number of aryl methyl sites for hydroxylation is 1. The molecule has 1 aliphatic heterocycles. The maximum absolute atomic E-state index is 5.95. The van der Waals surface area contributed by atoms with Crippen LogP contribution in [0.15, 0.2) is 29.3 Å². The zero-order chi connectivity index (χ0) is 15.9. The average Bonchev–Trinajstić information content (AvgIpc) is 2.47. The zero-order valence-corrected chi connectivity index (χ0v) is 16.6. The standard InChI is InChI=1S/C17H28N4O.HI/c1-13(2)11-21-8-9-22-16(12-21)10-19-17(18)20-15-6-4-14(3)5-7-15;/h4-7,13,16H,8-12H2,1-3H3,(H3,18,19,20);1H. The van der Waals surface area contributed by atoms with Crippen molar-refractivity contribution < 1.29 is 4.74 Å². The molecule has 0 amide bonds. The molecule has 2 rings (SSSR count). The number of hydrogen-bond acceptors (Lipinski definition) is 3. The molecule has 1 saturated heterocycles. The largest absolute Gasteiger partial charge is 0.374 e. The van der Waals surface area contributed by atoms with Gasteiger partial charge in [0.1, 0.15) is 0 Å². The van der Waals surface area contributed by atoms with Gasteiger partial charge in [-0.3, -0.25) is 9.89 Å². The van der Waals surface area contributed by atoms with Crippen molar-refractivity contribution in [1.29, 1.82) is 0 Å². The van der Waals surface area contributed by atoms with E-state index in [9.17, 15) is 0 Å². The minimum atomic E-state index is 0. The highest BCUT2D eigenvalue weighted by atomic mass is 127. The van der Waals surface area contributed by atoms with E-state index < -0.39 is 0 Å². The molecule has 0 bridgehead atoms. The molecule has 6 heteroatoms. The Morgan fingerprint density at radius 1 is 1.39 bits per heavy atom. The van der Waals surface area contributed by atoms with Gasteiger partial charge in [0.15, 0.2) is 5.96 Å². The first kappa shape index (κ1) is 20.2. The maximum atomic E-state index is 5.95. The number of aliphatic imine (C=N–C) groups is 1. The minimum Gasteiger partial charge on any atom is -0.374 e. The number of nitrogens with two attached hydrogens (primary N) is 1. The van der Waals surface area contributed by atoms with Crippen molar-refractivity contribution in [2.24, 2.45) is 16.6 Å². The molecule has 0 saturated carbocycles. The molecule has 1 aliphatic rings. The van der Waals surface area contributed by atoms with E-state index in [1.54, 1.807) is 0 Å². The number of halogens is 1. The normalized spacial score (nSPS) is 19.5. The quantitative estimate of drug-likeness (QED) is 0.427. The Bertz CT molecular complexity index is 490. The van der Waals surface area contributed by atoms with Crippen LogP contribution >= 0.6 is 24.0 Å². The van der Waals surface area contributed by atoms with Gasteiger partial charge in [-0.25, -0.2) is 0 Å². The van der Waals surface area contributed by atoms with Crippen LogP contribution in [0.25, 0.3) is 0 Å². The molecule has 0 spiro atoms. The predicted octanol–water partition coefficient (Wildman–Crippen LogP) is 2.70. The van der Waals surface area contributed by atoms with Crippen molar-refractivity contribution in [3.05, 3.63) is 29.8 Å². The fraction of sp³-hybridized carbons (Fsp3) is 0.588. The fourth-order valence-electron chi connectivity index (χ4n) is 2.60. The van der Waals surface area contributed by atoms with E-state index in [0.29, 0.717) is 18.4 Å². The lowest BCUT2D eigenvalue weighted by Crippen LogP contribution is -2.45. The number of hydrogen-bond donors (Lipinski definition) is 2. The smallest absolute Gasteiger partial charge is 0.193 e. The third kappa shape index (κ3) is 7.50. The molecular formula is C17H29IN4O. The number of guanidine groups is 1. The van der Waals surface area contributed by atoms with Gasteiger partial charge in [0.05, 0.1) is 19.3 Å². The third-order valence-corrected chi connectivity index (χ3v) is 3.64. The van der Waals surface area contributed by atoms with Gasteiger partial charge in [0, 0.05) is 25.3 Å². The Labute approximate surface area is 156 Å². The van der Waals surface area contributed by atoms with Crippen LogP contribution in [0.3, 0.4) is 0 Å². The lowest BCUT2D eigenvalue weighted by molar-refractivity contribution is -0.0261. The molecule has 1 aromatic carbocycles. The molecule has 1 unspecified atom stereocenters. The molecule has 1 heterocycles. The predicted molar refractivity (Wildman–Crippen MR) is 108 cm³/mol. The Morgan fingerprint density at radius 2 is 2.09 bits per heavy atom. The highest BCUT2D eigenvalue weighted by molar-refractivity contribution is 14.0. The number of rotatable bonds is 5. The molecular weight excluding hydrogens is 403 g/mol. The summed E-state index contributed by atoms with van der Waals surface area (Å²) in [4.78, 5) is 6.85. The van der Waals surface area contributed by atoms with Gasteiger partial charge in [0.25, 0.3) is 0 Å². The molecule has 1 aromatic rings. The number of nitrogens with zero attached hydrogens (tertiary/aromatic N) is 2. The summed E-state index contributed by atoms with van der Waals surface area (Å²) in [5.41, 5.74) is 8.13. The Balaban J connectivity index is 0.00000264. The van der Waals surface area contributed by atoms with Gasteiger partial charge in [-0.1, -0.05) is 31.5 Å².